The lowest BCUT2D eigenvalue weighted by Crippen LogP contribution is -2.25. The summed E-state index contributed by atoms with van der Waals surface area (Å²) in [5.74, 6) is 0.512. The largest absolute Gasteiger partial charge is 0.490 e. The fourth-order valence-corrected chi connectivity index (χ4v) is 3.21. The number of nitrogens with zero attached hydrogens (tertiary/aromatic N) is 3. The number of anilines is 1. The van der Waals surface area contributed by atoms with Crippen LogP contribution in [0.4, 0.5) is 5.82 Å². The van der Waals surface area contributed by atoms with E-state index in [1.807, 2.05) is 19.0 Å². The Morgan fingerprint density at radius 3 is 2.80 bits per heavy atom. The molecule has 136 valence electrons. The smallest absolute Gasteiger partial charge is 0.244 e. The number of rotatable bonds is 8. The minimum absolute atomic E-state index is 0.0309. The number of nitrogens with one attached hydrogen (secondary N) is 1. The summed E-state index contributed by atoms with van der Waals surface area (Å²) in [6.45, 7) is 3.04. The summed E-state index contributed by atoms with van der Waals surface area (Å²) in [7, 11) is 0.109. The first kappa shape index (κ1) is 19.1. The molecule has 0 radical (unpaired) electrons. The van der Waals surface area contributed by atoms with Gasteiger partial charge in [0.15, 0.2) is 0 Å². The second kappa shape index (κ2) is 8.24. The summed E-state index contributed by atoms with van der Waals surface area (Å²) in [4.78, 5) is 9.88. The van der Waals surface area contributed by atoms with Crippen LogP contribution in [0.3, 0.4) is 0 Å². The Morgan fingerprint density at radius 1 is 1.32 bits per heavy atom. The van der Waals surface area contributed by atoms with E-state index in [0.717, 1.165) is 6.54 Å². The van der Waals surface area contributed by atoms with Gasteiger partial charge in [-0.3, -0.25) is 4.98 Å². The number of aryl methyl sites for hydroxylation is 1. The minimum atomic E-state index is -3.78. The highest BCUT2D eigenvalue weighted by Gasteiger charge is 2.19. The van der Waals surface area contributed by atoms with Crippen LogP contribution in [0, 0.1) is 6.92 Å². The third-order valence-electron chi connectivity index (χ3n) is 3.43. The highest BCUT2D eigenvalue weighted by Crippen LogP contribution is 2.20. The molecule has 9 heteroatoms. The maximum absolute atomic E-state index is 12.5. The summed E-state index contributed by atoms with van der Waals surface area (Å²) in [5.41, 5.74) is 7.10. The normalized spacial score (nSPS) is 11.7. The molecule has 0 unspecified atom stereocenters. The lowest BCUT2D eigenvalue weighted by Gasteiger charge is -2.14. The van der Waals surface area contributed by atoms with Crippen molar-refractivity contribution >= 4 is 15.8 Å². The molecule has 0 spiro atoms. The van der Waals surface area contributed by atoms with Crippen LogP contribution < -0.4 is 15.2 Å². The highest BCUT2D eigenvalue weighted by molar-refractivity contribution is 7.89. The second-order valence-corrected chi connectivity index (χ2v) is 7.59. The number of nitrogen functional groups attached to an aromatic ring is 1. The Kier molecular flexibility index (Phi) is 6.29. The molecule has 0 amide bonds. The van der Waals surface area contributed by atoms with Gasteiger partial charge in [0, 0.05) is 31.0 Å². The van der Waals surface area contributed by atoms with E-state index in [9.17, 15) is 8.42 Å². The Morgan fingerprint density at radius 2 is 2.08 bits per heavy atom. The molecule has 0 bridgehead atoms. The van der Waals surface area contributed by atoms with Crippen LogP contribution in [-0.4, -0.2) is 50.5 Å². The standard InChI is InChI=1S/C16H23N5O3S/c1-12-8-15(16(17)19-9-12)25(22,23)20-10-13-4-5-18-11-14(13)24-7-6-21(2)3/h4-5,8-9,11,20H,6-7,10H2,1-3H3,(H2,17,19). The molecular weight excluding hydrogens is 342 g/mol. The predicted molar refractivity (Wildman–Crippen MR) is 95.7 cm³/mol. The number of sulfonamides is 1. The minimum Gasteiger partial charge on any atom is -0.490 e. The first-order valence-corrected chi connectivity index (χ1v) is 9.20. The van der Waals surface area contributed by atoms with Crippen LogP contribution in [0.2, 0.25) is 0 Å². The van der Waals surface area contributed by atoms with E-state index in [-0.39, 0.29) is 17.3 Å². The third kappa shape index (κ3) is 5.38. The van der Waals surface area contributed by atoms with Crippen LogP contribution in [0.25, 0.3) is 0 Å². The van der Waals surface area contributed by atoms with Gasteiger partial charge in [0.05, 0.1) is 6.20 Å². The molecule has 0 aliphatic heterocycles. The van der Waals surface area contributed by atoms with Crippen LogP contribution >= 0.6 is 0 Å². The molecule has 2 rings (SSSR count). The molecule has 25 heavy (non-hydrogen) atoms. The molecule has 0 aliphatic carbocycles. The van der Waals surface area contributed by atoms with Crippen LogP contribution in [-0.2, 0) is 16.6 Å². The number of aromatic nitrogens is 2. The lowest BCUT2D eigenvalue weighted by molar-refractivity contribution is 0.258. The monoisotopic (exact) mass is 365 g/mol. The SMILES string of the molecule is Cc1cnc(N)c(S(=O)(=O)NCc2ccncc2OCCN(C)C)c1. The van der Waals surface area contributed by atoms with E-state index >= 15 is 0 Å². The first-order chi connectivity index (χ1) is 11.8. The Hall–Kier alpha value is -2.23. The highest BCUT2D eigenvalue weighted by atomic mass is 32.2. The van der Waals surface area contributed by atoms with Crippen molar-refractivity contribution in [2.75, 3.05) is 33.0 Å². The summed E-state index contributed by atoms with van der Waals surface area (Å²) in [5, 5.41) is 0. The van der Waals surface area contributed by atoms with Crippen molar-refractivity contribution in [3.8, 4) is 5.75 Å². The van der Waals surface area contributed by atoms with E-state index in [0.29, 0.717) is 23.5 Å². The number of hydrogen-bond donors (Lipinski definition) is 2. The average molecular weight is 365 g/mol. The van der Waals surface area contributed by atoms with Crippen molar-refractivity contribution in [2.24, 2.45) is 0 Å². The Bertz CT molecular complexity index is 824. The van der Waals surface area contributed by atoms with Gasteiger partial charge in [-0.15, -0.1) is 0 Å². The molecule has 3 N–H and O–H groups in total. The summed E-state index contributed by atoms with van der Waals surface area (Å²) < 4.78 is 33.2. The van der Waals surface area contributed by atoms with Gasteiger partial charge in [-0.1, -0.05) is 0 Å². The van der Waals surface area contributed by atoms with E-state index in [2.05, 4.69) is 14.7 Å². The zero-order valence-corrected chi connectivity index (χ0v) is 15.4. The van der Waals surface area contributed by atoms with Gasteiger partial charge in [-0.05, 0) is 38.7 Å². The van der Waals surface area contributed by atoms with Crippen molar-refractivity contribution in [3.63, 3.8) is 0 Å². The summed E-state index contributed by atoms with van der Waals surface area (Å²) in [6, 6.07) is 3.21. The molecule has 0 atom stereocenters. The quantitative estimate of drug-likeness (QED) is 0.711. The lowest BCUT2D eigenvalue weighted by atomic mass is 10.2. The first-order valence-electron chi connectivity index (χ1n) is 7.72. The summed E-state index contributed by atoms with van der Waals surface area (Å²) >= 11 is 0. The van der Waals surface area contributed by atoms with E-state index < -0.39 is 10.0 Å². The molecule has 2 aromatic rings. The van der Waals surface area contributed by atoms with Gasteiger partial charge in [0.25, 0.3) is 0 Å². The number of ether oxygens (including phenoxy) is 1. The van der Waals surface area contributed by atoms with Crippen molar-refractivity contribution in [1.29, 1.82) is 0 Å². The molecule has 2 aromatic heterocycles. The zero-order chi connectivity index (χ0) is 18.4. The predicted octanol–water partition coefficient (Wildman–Crippen LogP) is 0.786. The molecular formula is C16H23N5O3S. The number of pyridine rings is 2. The average Bonchev–Trinajstić information content (AvgIpc) is 2.56. The van der Waals surface area contributed by atoms with Gasteiger partial charge in [0.2, 0.25) is 10.0 Å². The molecule has 8 nitrogen and oxygen atoms in total. The van der Waals surface area contributed by atoms with Crippen molar-refractivity contribution in [1.82, 2.24) is 19.6 Å². The van der Waals surface area contributed by atoms with Gasteiger partial charge in [0.1, 0.15) is 23.1 Å². The molecule has 0 aliphatic rings. The fourth-order valence-electron chi connectivity index (χ4n) is 2.04. The third-order valence-corrected chi connectivity index (χ3v) is 4.86. The van der Waals surface area contributed by atoms with Crippen LogP contribution in [0.5, 0.6) is 5.75 Å². The molecule has 0 aromatic carbocycles. The second-order valence-electron chi connectivity index (χ2n) is 5.86. The van der Waals surface area contributed by atoms with E-state index in [4.69, 9.17) is 10.5 Å². The topological polar surface area (TPSA) is 110 Å². The maximum atomic E-state index is 12.5. The van der Waals surface area contributed by atoms with Crippen molar-refractivity contribution in [3.05, 3.63) is 41.9 Å². The number of hydrogen-bond acceptors (Lipinski definition) is 7. The number of likely N-dealkylation sites (N-methyl/N-ethyl adjacent to an activating group) is 1. The van der Waals surface area contributed by atoms with E-state index in [1.54, 1.807) is 25.4 Å². The Balaban J connectivity index is 2.11. The summed E-state index contributed by atoms with van der Waals surface area (Å²) in [6.07, 6.45) is 4.68. The number of nitrogens with two attached hydrogens (primary N) is 1. The van der Waals surface area contributed by atoms with Crippen molar-refractivity contribution < 1.29 is 13.2 Å². The molecule has 0 saturated carbocycles. The van der Waals surface area contributed by atoms with Crippen LogP contribution in [0.1, 0.15) is 11.1 Å². The van der Waals surface area contributed by atoms with Gasteiger partial charge in [-0.25, -0.2) is 18.1 Å². The van der Waals surface area contributed by atoms with Crippen LogP contribution in [0.15, 0.2) is 35.6 Å². The van der Waals surface area contributed by atoms with Gasteiger partial charge < -0.3 is 15.4 Å². The van der Waals surface area contributed by atoms with Gasteiger partial charge in [-0.2, -0.15) is 0 Å². The van der Waals surface area contributed by atoms with Crippen molar-refractivity contribution in [2.45, 2.75) is 18.4 Å². The molecule has 0 fully saturated rings. The Labute approximate surface area is 148 Å². The molecule has 2 heterocycles. The van der Waals surface area contributed by atoms with Gasteiger partial charge >= 0.3 is 0 Å². The maximum Gasteiger partial charge on any atom is 0.244 e. The fraction of sp³-hybridized carbons (Fsp3) is 0.375. The molecule has 0 saturated heterocycles. The van der Waals surface area contributed by atoms with E-state index in [1.165, 1.54) is 12.3 Å². The zero-order valence-electron chi connectivity index (χ0n) is 14.6.